The third-order valence-corrected chi connectivity index (χ3v) is 4.50. The van der Waals surface area contributed by atoms with Crippen LogP contribution in [0.5, 0.6) is 0 Å². The lowest BCUT2D eigenvalue weighted by atomic mass is 9.80. The molecule has 2 N–H and O–H groups in total. The molecule has 0 bridgehead atoms. The molecule has 2 amide bonds. The van der Waals surface area contributed by atoms with E-state index in [1.54, 1.807) is 11.8 Å². The normalized spacial score (nSPS) is 17.4. The molecule has 5 nitrogen and oxygen atoms in total. The molecule has 1 saturated heterocycles. The van der Waals surface area contributed by atoms with Gasteiger partial charge in [-0.05, 0) is 53.9 Å². The highest BCUT2D eigenvalue weighted by atomic mass is 79.9. The summed E-state index contributed by atoms with van der Waals surface area (Å²) in [6.45, 7) is 2.46. The summed E-state index contributed by atoms with van der Waals surface area (Å²) in [5.74, 6) is -1.22. The molecule has 1 aliphatic heterocycles. The number of piperidine rings is 1. The van der Waals surface area contributed by atoms with Crippen LogP contribution in [0.15, 0.2) is 22.7 Å². The van der Waals surface area contributed by atoms with Crippen LogP contribution in [0.1, 0.15) is 19.8 Å². The summed E-state index contributed by atoms with van der Waals surface area (Å²) in [6, 6.07) is 3.70. The van der Waals surface area contributed by atoms with Gasteiger partial charge in [0.15, 0.2) is 0 Å². The topological polar surface area (TPSA) is 69.6 Å². The summed E-state index contributed by atoms with van der Waals surface area (Å²) >= 11 is 3.19. The summed E-state index contributed by atoms with van der Waals surface area (Å²) < 4.78 is 13.5. The monoisotopic (exact) mass is 358 g/mol. The van der Waals surface area contributed by atoms with Gasteiger partial charge < -0.3 is 15.3 Å². The lowest BCUT2D eigenvalue weighted by Crippen LogP contribution is -2.46. The number of rotatable bonds is 2. The van der Waals surface area contributed by atoms with Crippen LogP contribution in [0.2, 0.25) is 0 Å². The Hall–Kier alpha value is -1.63. The molecule has 7 heteroatoms. The van der Waals surface area contributed by atoms with Gasteiger partial charge in [-0.1, -0.05) is 0 Å². The van der Waals surface area contributed by atoms with Crippen molar-refractivity contribution >= 4 is 33.6 Å². The van der Waals surface area contributed by atoms with Crippen LogP contribution in [0.25, 0.3) is 0 Å². The molecule has 21 heavy (non-hydrogen) atoms. The number of carboxylic acids is 1. The van der Waals surface area contributed by atoms with E-state index in [2.05, 4.69) is 21.2 Å². The Labute approximate surface area is 130 Å². The van der Waals surface area contributed by atoms with E-state index in [9.17, 15) is 14.0 Å². The predicted molar refractivity (Wildman–Crippen MR) is 79.7 cm³/mol. The van der Waals surface area contributed by atoms with E-state index >= 15 is 0 Å². The maximum atomic E-state index is 13.0. The average molecular weight is 359 g/mol. The van der Waals surface area contributed by atoms with Gasteiger partial charge in [-0.3, -0.25) is 4.79 Å². The van der Waals surface area contributed by atoms with Gasteiger partial charge in [0.2, 0.25) is 0 Å². The highest BCUT2D eigenvalue weighted by Crippen LogP contribution is 2.31. The van der Waals surface area contributed by atoms with Gasteiger partial charge in [0, 0.05) is 17.6 Å². The molecule has 1 fully saturated rings. The number of carboxylic acid groups (broad SMARTS) is 1. The van der Waals surface area contributed by atoms with E-state index in [4.69, 9.17) is 5.11 Å². The summed E-state index contributed by atoms with van der Waals surface area (Å²) in [5, 5.41) is 11.8. The van der Waals surface area contributed by atoms with E-state index in [1.165, 1.54) is 18.2 Å². The molecular formula is C14H16BrFN2O3. The smallest absolute Gasteiger partial charge is 0.321 e. The molecule has 1 aromatic rings. The maximum absolute atomic E-state index is 13.0. The van der Waals surface area contributed by atoms with Crippen molar-refractivity contribution in [3.8, 4) is 0 Å². The second-order valence-electron chi connectivity index (χ2n) is 5.41. The number of urea groups is 1. The van der Waals surface area contributed by atoms with E-state index in [-0.39, 0.29) is 6.03 Å². The predicted octanol–water partition coefficient (Wildman–Crippen LogP) is 3.31. The number of nitrogens with one attached hydrogen (secondary N) is 1. The number of likely N-dealkylation sites (tertiary alicyclic amines) is 1. The average Bonchev–Trinajstić information content (AvgIpc) is 2.42. The van der Waals surface area contributed by atoms with Crippen LogP contribution in [0.3, 0.4) is 0 Å². The van der Waals surface area contributed by atoms with Crippen molar-refractivity contribution in [3.63, 3.8) is 0 Å². The molecule has 1 aromatic carbocycles. The van der Waals surface area contributed by atoms with Crippen LogP contribution in [-0.2, 0) is 4.79 Å². The molecule has 114 valence electrons. The SMILES string of the molecule is CC1(C(=O)O)CCN(C(=O)Nc2ccc(F)cc2Br)CC1. The number of aliphatic carboxylic acids is 1. The summed E-state index contributed by atoms with van der Waals surface area (Å²) in [4.78, 5) is 24.9. The van der Waals surface area contributed by atoms with Gasteiger partial charge in [-0.15, -0.1) is 0 Å². The summed E-state index contributed by atoms with van der Waals surface area (Å²) in [6.07, 6.45) is 0.834. The van der Waals surface area contributed by atoms with Crippen molar-refractivity contribution in [2.45, 2.75) is 19.8 Å². The standard InChI is InChI=1S/C14H16BrFN2O3/c1-14(12(19)20)4-6-18(7-5-14)13(21)17-11-3-2-9(16)8-10(11)15/h2-3,8H,4-7H2,1H3,(H,17,21)(H,19,20). The number of nitrogens with zero attached hydrogens (tertiary/aromatic N) is 1. The van der Waals surface area contributed by atoms with Gasteiger partial charge in [0.1, 0.15) is 5.82 Å². The summed E-state index contributed by atoms with van der Waals surface area (Å²) in [5.41, 5.74) is -0.291. The first kappa shape index (κ1) is 15.8. The number of hydrogen-bond donors (Lipinski definition) is 2. The fourth-order valence-corrected chi connectivity index (χ4v) is 2.65. The Morgan fingerprint density at radius 3 is 2.52 bits per heavy atom. The number of benzene rings is 1. The van der Waals surface area contributed by atoms with Crippen molar-refractivity contribution in [3.05, 3.63) is 28.5 Å². The molecule has 1 heterocycles. The molecule has 2 rings (SSSR count). The molecule has 0 aromatic heterocycles. The van der Waals surface area contributed by atoms with Crippen molar-refractivity contribution < 1.29 is 19.1 Å². The van der Waals surface area contributed by atoms with Gasteiger partial charge >= 0.3 is 12.0 Å². The third-order valence-electron chi connectivity index (χ3n) is 3.84. The largest absolute Gasteiger partial charge is 0.481 e. The quantitative estimate of drug-likeness (QED) is 0.851. The van der Waals surface area contributed by atoms with Crippen LogP contribution >= 0.6 is 15.9 Å². The second-order valence-corrected chi connectivity index (χ2v) is 6.26. The van der Waals surface area contributed by atoms with Gasteiger partial charge in [0.05, 0.1) is 11.1 Å². The molecule has 1 aliphatic rings. The number of hydrogen-bond acceptors (Lipinski definition) is 2. The van der Waals surface area contributed by atoms with Crippen molar-refractivity contribution in [1.29, 1.82) is 0 Å². The number of anilines is 1. The zero-order chi connectivity index (χ0) is 15.6. The summed E-state index contributed by atoms with van der Waals surface area (Å²) in [7, 11) is 0. The van der Waals surface area contributed by atoms with Crippen LogP contribution < -0.4 is 5.32 Å². The fraction of sp³-hybridized carbons (Fsp3) is 0.429. The molecule has 0 aliphatic carbocycles. The van der Waals surface area contributed by atoms with Gasteiger partial charge in [0.25, 0.3) is 0 Å². The Morgan fingerprint density at radius 2 is 2.00 bits per heavy atom. The first-order valence-electron chi connectivity index (χ1n) is 6.56. The fourth-order valence-electron chi connectivity index (χ4n) is 2.20. The zero-order valence-corrected chi connectivity index (χ0v) is 13.1. The molecule has 0 unspecified atom stereocenters. The highest BCUT2D eigenvalue weighted by molar-refractivity contribution is 9.10. The van der Waals surface area contributed by atoms with Gasteiger partial charge in [-0.25, -0.2) is 9.18 Å². The van der Waals surface area contributed by atoms with E-state index in [0.717, 1.165) is 0 Å². The zero-order valence-electron chi connectivity index (χ0n) is 11.5. The molecule has 0 radical (unpaired) electrons. The first-order valence-corrected chi connectivity index (χ1v) is 7.35. The number of carbonyl (C=O) groups excluding carboxylic acids is 1. The Bertz CT molecular complexity index is 571. The Kier molecular flexibility index (Phi) is 4.51. The second kappa shape index (κ2) is 6.01. The molecule has 0 saturated carbocycles. The number of halogens is 2. The minimum Gasteiger partial charge on any atom is -0.481 e. The lowest BCUT2D eigenvalue weighted by Gasteiger charge is -2.36. The van der Waals surface area contributed by atoms with Crippen LogP contribution in [0.4, 0.5) is 14.9 Å². The third kappa shape index (κ3) is 3.53. The molecule has 0 atom stereocenters. The van der Waals surface area contributed by atoms with E-state index < -0.39 is 17.2 Å². The van der Waals surface area contributed by atoms with E-state index in [1.807, 2.05) is 0 Å². The molecule has 0 spiro atoms. The maximum Gasteiger partial charge on any atom is 0.321 e. The van der Waals surface area contributed by atoms with Crippen LogP contribution in [-0.4, -0.2) is 35.1 Å². The van der Waals surface area contributed by atoms with Crippen molar-refractivity contribution in [2.24, 2.45) is 5.41 Å². The first-order chi connectivity index (χ1) is 9.82. The highest BCUT2D eigenvalue weighted by Gasteiger charge is 2.38. The minimum atomic E-state index is -0.830. The number of carbonyl (C=O) groups is 2. The minimum absolute atomic E-state index is 0.310. The van der Waals surface area contributed by atoms with Crippen molar-refractivity contribution in [1.82, 2.24) is 4.90 Å². The van der Waals surface area contributed by atoms with Crippen molar-refractivity contribution in [2.75, 3.05) is 18.4 Å². The van der Waals surface area contributed by atoms with E-state index in [0.29, 0.717) is 36.1 Å². The van der Waals surface area contributed by atoms with Gasteiger partial charge in [-0.2, -0.15) is 0 Å². The Morgan fingerprint density at radius 1 is 1.38 bits per heavy atom. The Balaban J connectivity index is 1.98. The lowest BCUT2D eigenvalue weighted by molar-refractivity contribution is -0.150. The number of amides is 2. The molecular weight excluding hydrogens is 343 g/mol. The van der Waals surface area contributed by atoms with Crippen LogP contribution in [0, 0.1) is 11.2 Å².